The van der Waals surface area contributed by atoms with Gasteiger partial charge in [0, 0.05) is 25.7 Å². The number of hydrogen-bond acceptors (Lipinski definition) is 3. The minimum atomic E-state index is 0.347. The third-order valence-electron chi connectivity index (χ3n) is 2.57. The van der Waals surface area contributed by atoms with Gasteiger partial charge >= 0.3 is 0 Å². The van der Waals surface area contributed by atoms with Crippen LogP contribution in [-0.4, -0.2) is 19.2 Å². The first-order chi connectivity index (χ1) is 7.77. The van der Waals surface area contributed by atoms with Gasteiger partial charge in [-0.25, -0.2) is 0 Å². The van der Waals surface area contributed by atoms with Crippen molar-refractivity contribution < 1.29 is 4.74 Å². The summed E-state index contributed by atoms with van der Waals surface area (Å²) in [6, 6.07) is 8.69. The van der Waals surface area contributed by atoms with E-state index < -0.39 is 0 Å². The molecule has 3 heteroatoms. The molecule has 1 atom stereocenters. The lowest BCUT2D eigenvalue weighted by atomic mass is 10.1. The molecular weight excluding hydrogens is 200 g/mol. The largest absolute Gasteiger partial charge is 0.377 e. The first kappa shape index (κ1) is 13.2. The molecule has 16 heavy (non-hydrogen) atoms. The molecular formula is C13H22N2O. The van der Waals surface area contributed by atoms with Crippen LogP contribution in [-0.2, 0) is 17.9 Å². The van der Waals surface area contributed by atoms with Gasteiger partial charge in [-0.3, -0.25) is 0 Å². The fraction of sp³-hybridized carbons (Fsp3) is 0.538. The lowest BCUT2D eigenvalue weighted by molar-refractivity contribution is 0.133. The Hall–Kier alpha value is -0.900. The summed E-state index contributed by atoms with van der Waals surface area (Å²) in [4.78, 5) is 0. The lowest BCUT2D eigenvalue weighted by Gasteiger charge is -2.14. The van der Waals surface area contributed by atoms with E-state index in [1.807, 2.05) is 13.0 Å². The van der Waals surface area contributed by atoms with Gasteiger partial charge in [0.15, 0.2) is 0 Å². The summed E-state index contributed by atoms with van der Waals surface area (Å²) in [5.74, 6) is 0. The van der Waals surface area contributed by atoms with Gasteiger partial charge in [0.25, 0.3) is 0 Å². The van der Waals surface area contributed by atoms with E-state index >= 15 is 0 Å². The topological polar surface area (TPSA) is 47.3 Å². The molecule has 0 radical (unpaired) electrons. The summed E-state index contributed by atoms with van der Waals surface area (Å²) in [7, 11) is 0. The molecule has 0 bridgehead atoms. The Morgan fingerprint density at radius 1 is 1.31 bits per heavy atom. The minimum Gasteiger partial charge on any atom is -0.377 e. The maximum absolute atomic E-state index is 5.57. The van der Waals surface area contributed by atoms with Crippen molar-refractivity contribution in [3.63, 3.8) is 0 Å². The molecule has 0 aliphatic carbocycles. The third kappa shape index (κ3) is 4.31. The molecule has 0 aliphatic rings. The van der Waals surface area contributed by atoms with E-state index in [2.05, 4.69) is 30.4 Å². The Bertz CT molecular complexity index is 302. The Morgan fingerprint density at radius 3 is 2.62 bits per heavy atom. The highest BCUT2D eigenvalue weighted by atomic mass is 16.5. The first-order valence-corrected chi connectivity index (χ1v) is 5.85. The maximum Gasteiger partial charge on any atom is 0.0719 e. The first-order valence-electron chi connectivity index (χ1n) is 5.85. The zero-order valence-corrected chi connectivity index (χ0v) is 10.2. The van der Waals surface area contributed by atoms with Crippen LogP contribution in [0.2, 0.25) is 0 Å². The van der Waals surface area contributed by atoms with Crippen LogP contribution < -0.4 is 11.1 Å². The average molecular weight is 222 g/mol. The van der Waals surface area contributed by atoms with Crippen LogP contribution in [0.5, 0.6) is 0 Å². The Morgan fingerprint density at radius 2 is 2.00 bits per heavy atom. The van der Waals surface area contributed by atoms with Crippen molar-refractivity contribution in [1.82, 2.24) is 5.32 Å². The van der Waals surface area contributed by atoms with E-state index in [0.717, 1.165) is 13.2 Å². The van der Waals surface area contributed by atoms with Crippen molar-refractivity contribution in [2.45, 2.75) is 33.0 Å². The molecule has 1 aromatic rings. The number of hydrogen-bond donors (Lipinski definition) is 2. The Kier molecular flexibility index (Phi) is 6.08. The maximum atomic E-state index is 5.57. The number of nitrogens with one attached hydrogen (secondary N) is 1. The van der Waals surface area contributed by atoms with Gasteiger partial charge in [-0.1, -0.05) is 24.3 Å². The second-order valence-electron chi connectivity index (χ2n) is 3.92. The van der Waals surface area contributed by atoms with Gasteiger partial charge in [-0.2, -0.15) is 0 Å². The number of nitrogens with two attached hydrogens (primary N) is 1. The van der Waals surface area contributed by atoms with Gasteiger partial charge in [0.2, 0.25) is 0 Å². The summed E-state index contributed by atoms with van der Waals surface area (Å²) in [5, 5.41) is 3.38. The van der Waals surface area contributed by atoms with Crippen molar-refractivity contribution in [3.05, 3.63) is 35.4 Å². The summed E-state index contributed by atoms with van der Waals surface area (Å²) in [5.41, 5.74) is 8.11. The molecule has 1 aromatic carbocycles. The van der Waals surface area contributed by atoms with Crippen LogP contribution in [0.3, 0.4) is 0 Å². The molecule has 0 fully saturated rings. The molecule has 1 rings (SSSR count). The Labute approximate surface area is 98.0 Å². The summed E-state index contributed by atoms with van der Waals surface area (Å²) >= 11 is 0. The average Bonchev–Trinajstić information content (AvgIpc) is 2.34. The molecule has 0 aliphatic heterocycles. The highest BCUT2D eigenvalue weighted by molar-refractivity contribution is 5.26. The summed E-state index contributed by atoms with van der Waals surface area (Å²) in [6.07, 6.45) is 0. The van der Waals surface area contributed by atoms with Crippen LogP contribution in [0.4, 0.5) is 0 Å². The van der Waals surface area contributed by atoms with Gasteiger partial charge in [-0.15, -0.1) is 0 Å². The fourth-order valence-corrected chi connectivity index (χ4v) is 1.45. The summed E-state index contributed by atoms with van der Waals surface area (Å²) in [6.45, 7) is 7.05. The predicted octanol–water partition coefficient (Wildman–Crippen LogP) is 1.66. The molecule has 0 amide bonds. The number of ether oxygens (including phenoxy) is 1. The van der Waals surface area contributed by atoms with Crippen molar-refractivity contribution in [1.29, 1.82) is 0 Å². The molecule has 3 N–H and O–H groups in total. The van der Waals surface area contributed by atoms with Crippen LogP contribution >= 0.6 is 0 Å². The molecule has 0 spiro atoms. The Balaban J connectivity index is 2.56. The zero-order valence-electron chi connectivity index (χ0n) is 10.2. The SMILES string of the molecule is CCOCc1ccccc1CNC(C)CN. The van der Waals surface area contributed by atoms with E-state index in [9.17, 15) is 0 Å². The van der Waals surface area contributed by atoms with Gasteiger partial charge in [0.05, 0.1) is 6.61 Å². The monoisotopic (exact) mass is 222 g/mol. The number of benzene rings is 1. The second kappa shape index (κ2) is 7.39. The molecule has 0 saturated carbocycles. The summed E-state index contributed by atoms with van der Waals surface area (Å²) < 4.78 is 5.44. The van der Waals surface area contributed by atoms with Crippen molar-refractivity contribution in [2.75, 3.05) is 13.2 Å². The van der Waals surface area contributed by atoms with Crippen LogP contribution in [0.1, 0.15) is 25.0 Å². The molecule has 0 heterocycles. The number of rotatable bonds is 7. The highest BCUT2D eigenvalue weighted by Gasteiger charge is 2.03. The van der Waals surface area contributed by atoms with Crippen LogP contribution in [0.25, 0.3) is 0 Å². The lowest BCUT2D eigenvalue weighted by Crippen LogP contribution is -2.32. The molecule has 1 unspecified atom stereocenters. The van der Waals surface area contributed by atoms with Crippen molar-refractivity contribution in [2.24, 2.45) is 5.73 Å². The second-order valence-corrected chi connectivity index (χ2v) is 3.92. The normalized spacial score (nSPS) is 12.7. The van der Waals surface area contributed by atoms with Crippen molar-refractivity contribution >= 4 is 0 Å². The van der Waals surface area contributed by atoms with Gasteiger partial charge < -0.3 is 15.8 Å². The molecule has 0 aromatic heterocycles. The predicted molar refractivity (Wildman–Crippen MR) is 67.1 cm³/mol. The molecule has 90 valence electrons. The van der Waals surface area contributed by atoms with Crippen LogP contribution in [0, 0.1) is 0 Å². The quantitative estimate of drug-likeness (QED) is 0.737. The van der Waals surface area contributed by atoms with Gasteiger partial charge in [0.1, 0.15) is 0 Å². The zero-order chi connectivity index (χ0) is 11.8. The van der Waals surface area contributed by atoms with E-state index in [4.69, 9.17) is 10.5 Å². The minimum absolute atomic E-state index is 0.347. The van der Waals surface area contributed by atoms with E-state index in [0.29, 0.717) is 19.2 Å². The van der Waals surface area contributed by atoms with Gasteiger partial charge in [-0.05, 0) is 25.0 Å². The smallest absolute Gasteiger partial charge is 0.0719 e. The molecule has 3 nitrogen and oxygen atoms in total. The van der Waals surface area contributed by atoms with E-state index in [-0.39, 0.29) is 0 Å². The standard InChI is InChI=1S/C13H22N2O/c1-3-16-10-13-7-5-4-6-12(13)9-15-11(2)8-14/h4-7,11,15H,3,8-10,14H2,1-2H3. The van der Waals surface area contributed by atoms with Crippen LogP contribution in [0.15, 0.2) is 24.3 Å². The van der Waals surface area contributed by atoms with Crippen molar-refractivity contribution in [3.8, 4) is 0 Å². The van der Waals surface area contributed by atoms with E-state index in [1.165, 1.54) is 11.1 Å². The highest BCUT2D eigenvalue weighted by Crippen LogP contribution is 2.10. The fourth-order valence-electron chi connectivity index (χ4n) is 1.45. The third-order valence-corrected chi connectivity index (χ3v) is 2.57. The molecule has 0 saturated heterocycles. The van der Waals surface area contributed by atoms with E-state index in [1.54, 1.807) is 0 Å².